The molecule has 0 aliphatic heterocycles. The van der Waals surface area contributed by atoms with Crippen molar-refractivity contribution >= 4 is 5.95 Å². The van der Waals surface area contributed by atoms with E-state index in [0.717, 1.165) is 16.8 Å². The Hall–Kier alpha value is -2.17. The van der Waals surface area contributed by atoms with Crippen molar-refractivity contribution < 1.29 is 0 Å². The van der Waals surface area contributed by atoms with Crippen LogP contribution in [0.2, 0.25) is 0 Å². The molecular weight excluding hydrogens is 228 g/mol. The van der Waals surface area contributed by atoms with Gasteiger partial charge in [0, 0.05) is 37.1 Å². The predicted molar refractivity (Wildman–Crippen MR) is 70.9 cm³/mol. The summed E-state index contributed by atoms with van der Waals surface area (Å²) >= 11 is 0. The summed E-state index contributed by atoms with van der Waals surface area (Å²) in [7, 11) is 1.71. The number of pyridine rings is 1. The standard InChI is InChI=1S/C13H16N4O/c1-8-4-9(2)15-6-10(8)5-11-7-16-13(14-3)17-12(11)18/h4,6-7H,5H2,1-3H3,(H2,14,16,17,18). The first-order valence-electron chi connectivity index (χ1n) is 5.78. The van der Waals surface area contributed by atoms with Crippen LogP contribution in [0.4, 0.5) is 5.95 Å². The SMILES string of the molecule is CNc1ncc(Cc2cnc(C)cc2C)c(=O)[nH]1. The number of hydrogen-bond acceptors (Lipinski definition) is 4. The molecule has 0 aromatic carbocycles. The first-order valence-corrected chi connectivity index (χ1v) is 5.78. The predicted octanol–water partition coefficient (Wildman–Crippen LogP) is 1.41. The van der Waals surface area contributed by atoms with Crippen LogP contribution in [0, 0.1) is 13.8 Å². The molecule has 0 atom stereocenters. The van der Waals surface area contributed by atoms with Crippen LogP contribution in [0.25, 0.3) is 0 Å². The smallest absolute Gasteiger partial charge is 0.255 e. The molecule has 0 saturated carbocycles. The van der Waals surface area contributed by atoms with E-state index in [4.69, 9.17) is 0 Å². The van der Waals surface area contributed by atoms with E-state index in [0.29, 0.717) is 17.9 Å². The zero-order valence-electron chi connectivity index (χ0n) is 10.7. The molecule has 5 heteroatoms. The van der Waals surface area contributed by atoms with Gasteiger partial charge in [0.1, 0.15) is 0 Å². The molecule has 0 bridgehead atoms. The lowest BCUT2D eigenvalue weighted by Gasteiger charge is -2.06. The number of nitrogens with one attached hydrogen (secondary N) is 2. The maximum atomic E-state index is 11.8. The number of aromatic nitrogens is 3. The molecule has 2 aromatic rings. The molecule has 2 N–H and O–H groups in total. The van der Waals surface area contributed by atoms with Gasteiger partial charge in [-0.25, -0.2) is 4.98 Å². The van der Waals surface area contributed by atoms with Crippen molar-refractivity contribution in [3.8, 4) is 0 Å². The number of rotatable bonds is 3. The van der Waals surface area contributed by atoms with Gasteiger partial charge in [0.15, 0.2) is 0 Å². The van der Waals surface area contributed by atoms with E-state index in [1.54, 1.807) is 13.2 Å². The Labute approximate surface area is 105 Å². The minimum atomic E-state index is -0.116. The molecule has 0 saturated heterocycles. The molecule has 94 valence electrons. The Morgan fingerprint density at radius 3 is 2.56 bits per heavy atom. The van der Waals surface area contributed by atoms with Gasteiger partial charge >= 0.3 is 0 Å². The van der Waals surface area contributed by atoms with E-state index in [9.17, 15) is 4.79 Å². The Morgan fingerprint density at radius 2 is 1.94 bits per heavy atom. The van der Waals surface area contributed by atoms with Crippen molar-refractivity contribution in [3.05, 3.63) is 51.2 Å². The molecule has 0 aliphatic carbocycles. The fourth-order valence-electron chi connectivity index (χ4n) is 1.79. The monoisotopic (exact) mass is 244 g/mol. The van der Waals surface area contributed by atoms with E-state index >= 15 is 0 Å². The number of anilines is 1. The Bertz CT molecular complexity index is 619. The lowest BCUT2D eigenvalue weighted by Crippen LogP contribution is -2.16. The van der Waals surface area contributed by atoms with E-state index in [2.05, 4.69) is 20.3 Å². The molecule has 0 amide bonds. The first-order chi connectivity index (χ1) is 8.60. The van der Waals surface area contributed by atoms with Gasteiger partial charge in [0.05, 0.1) is 0 Å². The molecule has 0 fully saturated rings. The van der Waals surface area contributed by atoms with Crippen molar-refractivity contribution in [3.63, 3.8) is 0 Å². The minimum Gasteiger partial charge on any atom is -0.359 e. The van der Waals surface area contributed by atoms with Crippen LogP contribution >= 0.6 is 0 Å². The van der Waals surface area contributed by atoms with Gasteiger partial charge in [-0.2, -0.15) is 0 Å². The fraction of sp³-hybridized carbons (Fsp3) is 0.308. The second kappa shape index (κ2) is 5.00. The summed E-state index contributed by atoms with van der Waals surface area (Å²) < 4.78 is 0. The van der Waals surface area contributed by atoms with Crippen LogP contribution in [-0.4, -0.2) is 22.0 Å². The number of nitrogens with zero attached hydrogens (tertiary/aromatic N) is 2. The fourth-order valence-corrected chi connectivity index (χ4v) is 1.79. The summed E-state index contributed by atoms with van der Waals surface area (Å²) in [5, 5.41) is 2.80. The quantitative estimate of drug-likeness (QED) is 0.856. The van der Waals surface area contributed by atoms with Gasteiger partial charge in [-0.1, -0.05) is 0 Å². The molecule has 2 heterocycles. The van der Waals surface area contributed by atoms with E-state index in [1.165, 1.54) is 0 Å². The molecule has 0 spiro atoms. The normalized spacial score (nSPS) is 10.4. The molecule has 2 aromatic heterocycles. The average Bonchev–Trinajstić information content (AvgIpc) is 2.34. The van der Waals surface area contributed by atoms with Gasteiger partial charge in [-0.05, 0) is 31.0 Å². The maximum Gasteiger partial charge on any atom is 0.255 e. The molecule has 0 aliphatic rings. The molecule has 18 heavy (non-hydrogen) atoms. The molecular formula is C13H16N4O. The lowest BCUT2D eigenvalue weighted by molar-refractivity contribution is 1.00. The summed E-state index contributed by atoms with van der Waals surface area (Å²) in [6, 6.07) is 2.01. The van der Waals surface area contributed by atoms with E-state index in [-0.39, 0.29) is 5.56 Å². The molecule has 2 rings (SSSR count). The molecule has 0 unspecified atom stereocenters. The molecule has 0 radical (unpaired) electrons. The summed E-state index contributed by atoms with van der Waals surface area (Å²) in [4.78, 5) is 22.9. The van der Waals surface area contributed by atoms with Crippen molar-refractivity contribution in [1.29, 1.82) is 0 Å². The first kappa shape index (κ1) is 12.3. The number of hydrogen-bond donors (Lipinski definition) is 2. The number of aryl methyl sites for hydroxylation is 2. The van der Waals surface area contributed by atoms with Crippen LogP contribution in [0.3, 0.4) is 0 Å². The van der Waals surface area contributed by atoms with Gasteiger partial charge < -0.3 is 5.32 Å². The molecule has 5 nitrogen and oxygen atoms in total. The Balaban J connectivity index is 2.31. The lowest BCUT2D eigenvalue weighted by atomic mass is 10.0. The highest BCUT2D eigenvalue weighted by molar-refractivity contribution is 5.31. The van der Waals surface area contributed by atoms with Gasteiger partial charge in [-0.3, -0.25) is 14.8 Å². The van der Waals surface area contributed by atoms with Crippen molar-refractivity contribution in [2.24, 2.45) is 0 Å². The third-order valence-corrected chi connectivity index (χ3v) is 2.85. The van der Waals surface area contributed by atoms with E-state index in [1.807, 2.05) is 26.1 Å². The average molecular weight is 244 g/mol. The number of aromatic amines is 1. The van der Waals surface area contributed by atoms with Crippen LogP contribution in [0.15, 0.2) is 23.3 Å². The van der Waals surface area contributed by atoms with Crippen molar-refractivity contribution in [2.45, 2.75) is 20.3 Å². The summed E-state index contributed by atoms with van der Waals surface area (Å²) in [5.74, 6) is 0.475. The summed E-state index contributed by atoms with van der Waals surface area (Å²) in [5.41, 5.74) is 3.69. The summed E-state index contributed by atoms with van der Waals surface area (Å²) in [6.07, 6.45) is 3.96. The second-order valence-corrected chi connectivity index (χ2v) is 4.27. The third-order valence-electron chi connectivity index (χ3n) is 2.85. The van der Waals surface area contributed by atoms with Crippen molar-refractivity contribution in [1.82, 2.24) is 15.0 Å². The zero-order valence-corrected chi connectivity index (χ0v) is 10.7. The second-order valence-electron chi connectivity index (χ2n) is 4.27. The minimum absolute atomic E-state index is 0.116. The van der Waals surface area contributed by atoms with Crippen LogP contribution in [-0.2, 0) is 6.42 Å². The topological polar surface area (TPSA) is 70.7 Å². The van der Waals surface area contributed by atoms with Crippen LogP contribution in [0.5, 0.6) is 0 Å². The largest absolute Gasteiger partial charge is 0.359 e. The van der Waals surface area contributed by atoms with Crippen LogP contribution in [0.1, 0.15) is 22.4 Å². The maximum absolute atomic E-state index is 11.8. The zero-order chi connectivity index (χ0) is 13.1. The van der Waals surface area contributed by atoms with Gasteiger partial charge in [0.25, 0.3) is 5.56 Å². The Kier molecular flexibility index (Phi) is 3.41. The highest BCUT2D eigenvalue weighted by Gasteiger charge is 2.06. The van der Waals surface area contributed by atoms with E-state index < -0.39 is 0 Å². The Morgan fingerprint density at radius 1 is 1.22 bits per heavy atom. The van der Waals surface area contributed by atoms with Crippen LogP contribution < -0.4 is 10.9 Å². The highest BCUT2D eigenvalue weighted by atomic mass is 16.1. The third kappa shape index (κ3) is 2.56. The van der Waals surface area contributed by atoms with Gasteiger partial charge in [-0.15, -0.1) is 0 Å². The number of H-pyrrole nitrogens is 1. The van der Waals surface area contributed by atoms with Gasteiger partial charge in [0.2, 0.25) is 5.95 Å². The highest BCUT2D eigenvalue weighted by Crippen LogP contribution is 2.11. The summed E-state index contributed by atoms with van der Waals surface area (Å²) in [6.45, 7) is 3.97. The van der Waals surface area contributed by atoms with Crippen molar-refractivity contribution in [2.75, 3.05) is 12.4 Å².